The normalized spacial score (nSPS) is 23.5. The SMILES string of the molecule is CCOC(=O)C(CC)OC1CCCNC1. The fourth-order valence-electron chi connectivity index (χ4n) is 1.72. The molecule has 1 aliphatic rings. The van der Waals surface area contributed by atoms with E-state index in [1.807, 2.05) is 13.8 Å². The van der Waals surface area contributed by atoms with E-state index >= 15 is 0 Å². The summed E-state index contributed by atoms with van der Waals surface area (Å²) in [6, 6.07) is 0. The van der Waals surface area contributed by atoms with Gasteiger partial charge in [-0.2, -0.15) is 0 Å². The lowest BCUT2D eigenvalue weighted by Gasteiger charge is -2.26. The van der Waals surface area contributed by atoms with Crippen LogP contribution in [0.25, 0.3) is 0 Å². The molecule has 1 saturated heterocycles. The zero-order chi connectivity index (χ0) is 11.1. The predicted molar refractivity (Wildman–Crippen MR) is 57.7 cm³/mol. The molecule has 0 aromatic carbocycles. The van der Waals surface area contributed by atoms with Gasteiger partial charge in [0, 0.05) is 6.54 Å². The van der Waals surface area contributed by atoms with E-state index in [-0.39, 0.29) is 12.1 Å². The summed E-state index contributed by atoms with van der Waals surface area (Å²) in [7, 11) is 0. The molecule has 1 rings (SSSR count). The molecular formula is C11H21NO3. The van der Waals surface area contributed by atoms with Crippen LogP contribution in [0.2, 0.25) is 0 Å². The Labute approximate surface area is 91.3 Å². The fraction of sp³-hybridized carbons (Fsp3) is 0.909. The molecule has 2 atom stereocenters. The third-order valence-electron chi connectivity index (χ3n) is 2.53. The van der Waals surface area contributed by atoms with Crippen LogP contribution in [0, 0.1) is 0 Å². The van der Waals surface area contributed by atoms with Crippen LogP contribution in [0.1, 0.15) is 33.1 Å². The average molecular weight is 215 g/mol. The van der Waals surface area contributed by atoms with E-state index in [1.165, 1.54) is 0 Å². The van der Waals surface area contributed by atoms with Gasteiger partial charge in [-0.05, 0) is 32.7 Å². The molecule has 0 bridgehead atoms. The molecule has 0 amide bonds. The monoisotopic (exact) mass is 215 g/mol. The van der Waals surface area contributed by atoms with E-state index < -0.39 is 6.10 Å². The van der Waals surface area contributed by atoms with Crippen LogP contribution in [0.5, 0.6) is 0 Å². The Morgan fingerprint density at radius 2 is 2.33 bits per heavy atom. The van der Waals surface area contributed by atoms with Crippen molar-refractivity contribution in [3.8, 4) is 0 Å². The van der Waals surface area contributed by atoms with Crippen molar-refractivity contribution in [2.75, 3.05) is 19.7 Å². The molecule has 1 N–H and O–H groups in total. The smallest absolute Gasteiger partial charge is 0.335 e. The zero-order valence-electron chi connectivity index (χ0n) is 9.62. The Morgan fingerprint density at radius 3 is 2.87 bits per heavy atom. The van der Waals surface area contributed by atoms with Gasteiger partial charge in [0.1, 0.15) is 0 Å². The molecule has 4 heteroatoms. The van der Waals surface area contributed by atoms with Crippen LogP contribution < -0.4 is 5.32 Å². The molecule has 0 saturated carbocycles. The fourth-order valence-corrected chi connectivity index (χ4v) is 1.72. The van der Waals surface area contributed by atoms with E-state index in [0.717, 1.165) is 25.9 Å². The third kappa shape index (κ3) is 4.18. The summed E-state index contributed by atoms with van der Waals surface area (Å²) in [4.78, 5) is 11.5. The van der Waals surface area contributed by atoms with Gasteiger partial charge in [0.25, 0.3) is 0 Å². The summed E-state index contributed by atoms with van der Waals surface area (Å²) < 4.78 is 10.7. The quantitative estimate of drug-likeness (QED) is 0.698. The van der Waals surface area contributed by atoms with Gasteiger partial charge in [-0.25, -0.2) is 4.79 Å². The molecule has 1 heterocycles. The summed E-state index contributed by atoms with van der Waals surface area (Å²) >= 11 is 0. The van der Waals surface area contributed by atoms with Crippen molar-refractivity contribution in [1.29, 1.82) is 0 Å². The molecule has 1 aliphatic heterocycles. The first-order valence-corrected chi connectivity index (χ1v) is 5.80. The number of hydrogen-bond donors (Lipinski definition) is 1. The van der Waals surface area contributed by atoms with Gasteiger partial charge in [0.05, 0.1) is 12.7 Å². The van der Waals surface area contributed by atoms with Crippen LogP contribution in [-0.4, -0.2) is 37.9 Å². The van der Waals surface area contributed by atoms with Crippen molar-refractivity contribution in [1.82, 2.24) is 5.32 Å². The maximum Gasteiger partial charge on any atom is 0.335 e. The van der Waals surface area contributed by atoms with Crippen LogP contribution in [0.3, 0.4) is 0 Å². The molecule has 2 unspecified atom stereocenters. The molecule has 0 aromatic rings. The van der Waals surface area contributed by atoms with Crippen molar-refractivity contribution in [2.45, 2.75) is 45.3 Å². The second kappa shape index (κ2) is 6.80. The highest BCUT2D eigenvalue weighted by Gasteiger charge is 2.23. The summed E-state index contributed by atoms with van der Waals surface area (Å²) in [6.45, 7) is 6.07. The van der Waals surface area contributed by atoms with Gasteiger partial charge < -0.3 is 14.8 Å². The standard InChI is InChI=1S/C11H21NO3/c1-3-10(11(13)14-4-2)15-9-6-5-7-12-8-9/h9-10,12H,3-8H2,1-2H3. The average Bonchev–Trinajstić information content (AvgIpc) is 2.27. The summed E-state index contributed by atoms with van der Waals surface area (Å²) in [5.74, 6) is -0.231. The topological polar surface area (TPSA) is 47.6 Å². The predicted octanol–water partition coefficient (Wildman–Crippen LogP) is 1.10. The minimum absolute atomic E-state index is 0.160. The number of nitrogens with one attached hydrogen (secondary N) is 1. The van der Waals surface area contributed by atoms with E-state index in [9.17, 15) is 4.79 Å². The number of hydrogen-bond acceptors (Lipinski definition) is 4. The van der Waals surface area contributed by atoms with E-state index in [2.05, 4.69) is 5.32 Å². The van der Waals surface area contributed by atoms with Gasteiger partial charge in [-0.3, -0.25) is 0 Å². The minimum Gasteiger partial charge on any atom is -0.464 e. The molecular weight excluding hydrogens is 194 g/mol. The number of ether oxygens (including phenoxy) is 2. The Balaban J connectivity index is 2.34. The number of esters is 1. The Kier molecular flexibility index (Phi) is 5.65. The molecule has 0 spiro atoms. The van der Waals surface area contributed by atoms with Crippen molar-refractivity contribution in [3.63, 3.8) is 0 Å². The maximum absolute atomic E-state index is 11.5. The zero-order valence-corrected chi connectivity index (χ0v) is 9.62. The van der Waals surface area contributed by atoms with Crippen LogP contribution in [0.4, 0.5) is 0 Å². The third-order valence-corrected chi connectivity index (χ3v) is 2.53. The van der Waals surface area contributed by atoms with E-state index in [1.54, 1.807) is 0 Å². The molecule has 4 nitrogen and oxygen atoms in total. The lowest BCUT2D eigenvalue weighted by atomic mass is 10.1. The lowest BCUT2D eigenvalue weighted by Crippen LogP contribution is -2.40. The van der Waals surface area contributed by atoms with Crippen molar-refractivity contribution in [2.24, 2.45) is 0 Å². The molecule has 88 valence electrons. The van der Waals surface area contributed by atoms with Gasteiger partial charge in [0.2, 0.25) is 0 Å². The van der Waals surface area contributed by atoms with E-state index in [0.29, 0.717) is 13.0 Å². The number of piperidine rings is 1. The summed E-state index contributed by atoms with van der Waals surface area (Å²) in [5.41, 5.74) is 0. The van der Waals surface area contributed by atoms with Crippen LogP contribution in [0.15, 0.2) is 0 Å². The van der Waals surface area contributed by atoms with Gasteiger partial charge >= 0.3 is 5.97 Å². The van der Waals surface area contributed by atoms with Gasteiger partial charge in [0.15, 0.2) is 6.10 Å². The first kappa shape index (κ1) is 12.5. The van der Waals surface area contributed by atoms with E-state index in [4.69, 9.17) is 9.47 Å². The number of carbonyl (C=O) groups excluding carboxylic acids is 1. The Morgan fingerprint density at radius 1 is 1.53 bits per heavy atom. The van der Waals surface area contributed by atoms with Crippen LogP contribution in [-0.2, 0) is 14.3 Å². The molecule has 15 heavy (non-hydrogen) atoms. The summed E-state index contributed by atoms with van der Waals surface area (Å²) in [5, 5.41) is 3.26. The minimum atomic E-state index is -0.394. The van der Waals surface area contributed by atoms with Gasteiger partial charge in [-0.1, -0.05) is 6.92 Å². The Bertz CT molecular complexity index is 190. The summed E-state index contributed by atoms with van der Waals surface area (Å²) in [6.07, 6.45) is 2.59. The lowest BCUT2D eigenvalue weighted by molar-refractivity contribution is -0.161. The van der Waals surface area contributed by atoms with Crippen LogP contribution >= 0.6 is 0 Å². The highest BCUT2D eigenvalue weighted by Crippen LogP contribution is 2.11. The largest absolute Gasteiger partial charge is 0.464 e. The second-order valence-corrected chi connectivity index (χ2v) is 3.75. The molecule has 0 radical (unpaired) electrons. The number of rotatable bonds is 5. The highest BCUT2D eigenvalue weighted by atomic mass is 16.6. The highest BCUT2D eigenvalue weighted by molar-refractivity contribution is 5.74. The van der Waals surface area contributed by atoms with Crippen molar-refractivity contribution >= 4 is 5.97 Å². The molecule has 0 aromatic heterocycles. The van der Waals surface area contributed by atoms with Crippen molar-refractivity contribution < 1.29 is 14.3 Å². The molecule has 1 fully saturated rings. The number of carbonyl (C=O) groups is 1. The first-order chi connectivity index (χ1) is 7.27. The Hall–Kier alpha value is -0.610. The maximum atomic E-state index is 11.5. The van der Waals surface area contributed by atoms with Gasteiger partial charge in [-0.15, -0.1) is 0 Å². The van der Waals surface area contributed by atoms with Crippen molar-refractivity contribution in [3.05, 3.63) is 0 Å². The second-order valence-electron chi connectivity index (χ2n) is 3.75. The molecule has 0 aliphatic carbocycles. The first-order valence-electron chi connectivity index (χ1n) is 5.80.